The van der Waals surface area contributed by atoms with Crippen LogP contribution in [0.4, 0.5) is 5.69 Å². The van der Waals surface area contributed by atoms with Gasteiger partial charge in [0.15, 0.2) is 0 Å². The Hall–Kier alpha value is -1.27. The van der Waals surface area contributed by atoms with Crippen molar-refractivity contribution >= 4 is 34.2 Å². The Labute approximate surface area is 113 Å². The summed E-state index contributed by atoms with van der Waals surface area (Å²) in [6.07, 6.45) is 0. The molecule has 1 heterocycles. The molecule has 1 unspecified atom stereocenters. The highest BCUT2D eigenvalue weighted by atomic mass is 127. The summed E-state index contributed by atoms with van der Waals surface area (Å²) in [5.41, 5.74) is 9.52. The number of amides is 1. The van der Waals surface area contributed by atoms with E-state index in [9.17, 15) is 4.79 Å². The average molecular weight is 342 g/mol. The third kappa shape index (κ3) is 1.77. The minimum Gasteiger partial charge on any atom is -0.314 e. The Bertz CT molecular complexity index is 538. The van der Waals surface area contributed by atoms with Gasteiger partial charge in [-0.3, -0.25) is 4.79 Å². The molecule has 1 aliphatic heterocycles. The van der Waals surface area contributed by atoms with Gasteiger partial charge in [0.1, 0.15) is 0 Å². The number of anilines is 1. The number of nitrogens with zero attached hydrogens (tertiary/aromatic N) is 4. The first-order valence-electron chi connectivity index (χ1n) is 5.10. The summed E-state index contributed by atoms with van der Waals surface area (Å²) in [7, 11) is 1.75. The van der Waals surface area contributed by atoms with Gasteiger partial charge in [0.05, 0.1) is 5.41 Å². The van der Waals surface area contributed by atoms with E-state index in [0.29, 0.717) is 0 Å². The van der Waals surface area contributed by atoms with Crippen LogP contribution in [0, 0.1) is 3.57 Å². The van der Waals surface area contributed by atoms with Crippen molar-refractivity contribution in [1.29, 1.82) is 0 Å². The lowest BCUT2D eigenvalue weighted by molar-refractivity contribution is -0.122. The van der Waals surface area contributed by atoms with E-state index in [0.717, 1.165) is 14.8 Å². The van der Waals surface area contributed by atoms with Crippen LogP contribution in [0.2, 0.25) is 0 Å². The summed E-state index contributed by atoms with van der Waals surface area (Å²) in [4.78, 5) is 16.6. The van der Waals surface area contributed by atoms with Crippen LogP contribution in [0.25, 0.3) is 10.4 Å². The molecule has 6 heteroatoms. The highest BCUT2D eigenvalue weighted by Gasteiger charge is 2.45. The van der Waals surface area contributed by atoms with Crippen molar-refractivity contribution in [3.05, 3.63) is 37.8 Å². The molecule has 1 atom stereocenters. The molecular weight excluding hydrogens is 331 g/mol. The predicted octanol–water partition coefficient (Wildman–Crippen LogP) is 2.84. The van der Waals surface area contributed by atoms with Crippen molar-refractivity contribution < 1.29 is 4.79 Å². The predicted molar refractivity (Wildman–Crippen MR) is 73.9 cm³/mol. The van der Waals surface area contributed by atoms with Crippen molar-refractivity contribution in [3.8, 4) is 0 Å². The second-order valence-corrected chi connectivity index (χ2v) is 5.49. The normalized spacial score (nSPS) is 22.3. The van der Waals surface area contributed by atoms with E-state index in [4.69, 9.17) is 5.53 Å². The topological polar surface area (TPSA) is 69.1 Å². The first-order valence-corrected chi connectivity index (χ1v) is 6.17. The second-order valence-electron chi connectivity index (χ2n) is 4.25. The smallest absolute Gasteiger partial charge is 0.237 e. The number of likely N-dealkylation sites (N-methyl/N-ethyl adjacent to an activating group) is 1. The summed E-state index contributed by atoms with van der Waals surface area (Å²) in [5, 5.41) is 3.57. The van der Waals surface area contributed by atoms with E-state index in [1.807, 2.05) is 25.1 Å². The Kier molecular flexibility index (Phi) is 3.01. The van der Waals surface area contributed by atoms with Gasteiger partial charge in [-0.25, -0.2) is 0 Å². The second kappa shape index (κ2) is 4.19. The number of carbonyl (C=O) groups is 1. The molecule has 1 aromatic carbocycles. The molecule has 1 aromatic rings. The molecule has 17 heavy (non-hydrogen) atoms. The van der Waals surface area contributed by atoms with Gasteiger partial charge >= 0.3 is 0 Å². The molecule has 1 aliphatic rings. The van der Waals surface area contributed by atoms with Gasteiger partial charge in [-0.15, -0.1) is 0 Å². The summed E-state index contributed by atoms with van der Waals surface area (Å²) < 4.78 is 1.07. The van der Waals surface area contributed by atoms with Crippen molar-refractivity contribution in [1.82, 2.24) is 0 Å². The van der Waals surface area contributed by atoms with Crippen LogP contribution in [0.3, 0.4) is 0 Å². The number of hydrogen-bond donors (Lipinski definition) is 0. The molecule has 0 saturated heterocycles. The van der Waals surface area contributed by atoms with Crippen molar-refractivity contribution in [3.63, 3.8) is 0 Å². The summed E-state index contributed by atoms with van der Waals surface area (Å²) in [6.45, 7) is 1.97. The lowest BCUT2D eigenvalue weighted by atomic mass is 9.84. The first-order chi connectivity index (χ1) is 8.00. The van der Waals surface area contributed by atoms with Crippen molar-refractivity contribution in [2.45, 2.75) is 12.3 Å². The highest BCUT2D eigenvalue weighted by molar-refractivity contribution is 14.1. The average Bonchev–Trinajstić information content (AvgIpc) is 2.50. The van der Waals surface area contributed by atoms with Gasteiger partial charge in [0.25, 0.3) is 0 Å². The van der Waals surface area contributed by atoms with E-state index >= 15 is 0 Å². The molecule has 0 saturated carbocycles. The maximum atomic E-state index is 12.2. The Morgan fingerprint density at radius 1 is 1.59 bits per heavy atom. The Morgan fingerprint density at radius 3 is 2.94 bits per heavy atom. The Morgan fingerprint density at radius 2 is 2.29 bits per heavy atom. The maximum Gasteiger partial charge on any atom is 0.237 e. The molecule has 0 aliphatic carbocycles. The van der Waals surface area contributed by atoms with Crippen LogP contribution in [-0.2, 0) is 10.2 Å². The fourth-order valence-corrected chi connectivity index (χ4v) is 2.65. The van der Waals surface area contributed by atoms with E-state index in [1.165, 1.54) is 0 Å². The van der Waals surface area contributed by atoms with Gasteiger partial charge in [-0.2, -0.15) is 0 Å². The molecule has 0 aromatic heterocycles. The van der Waals surface area contributed by atoms with Crippen LogP contribution < -0.4 is 4.90 Å². The van der Waals surface area contributed by atoms with E-state index in [1.54, 1.807) is 11.9 Å². The molecule has 0 fully saturated rings. The quantitative estimate of drug-likeness (QED) is 0.353. The number of halogens is 1. The largest absolute Gasteiger partial charge is 0.314 e. The first kappa shape index (κ1) is 12.2. The van der Waals surface area contributed by atoms with Crippen LogP contribution in [0.1, 0.15) is 12.5 Å². The minimum atomic E-state index is -0.739. The Balaban J connectivity index is 2.60. The number of benzene rings is 1. The zero-order valence-electron chi connectivity index (χ0n) is 9.51. The van der Waals surface area contributed by atoms with Gasteiger partial charge in [0, 0.05) is 27.8 Å². The zero-order chi connectivity index (χ0) is 12.6. The van der Waals surface area contributed by atoms with Crippen LogP contribution in [0.15, 0.2) is 23.3 Å². The SMILES string of the molecule is CN1C(=O)C(C)(CN=[N+]=[N-])c2cc(I)ccc21. The molecule has 0 radical (unpaired) electrons. The lowest BCUT2D eigenvalue weighted by Gasteiger charge is -2.20. The molecule has 88 valence electrons. The lowest BCUT2D eigenvalue weighted by Crippen LogP contribution is -2.38. The van der Waals surface area contributed by atoms with Crippen molar-refractivity contribution in [2.24, 2.45) is 5.11 Å². The number of azide groups is 1. The molecular formula is C11H11IN4O. The molecule has 1 amide bonds. The van der Waals surface area contributed by atoms with Crippen LogP contribution in [0.5, 0.6) is 0 Å². The number of fused-ring (bicyclic) bond motifs is 1. The molecule has 5 nitrogen and oxygen atoms in total. The number of carbonyl (C=O) groups excluding carboxylic acids is 1. The van der Waals surface area contributed by atoms with Gasteiger partial charge in [-0.1, -0.05) is 5.11 Å². The fraction of sp³-hybridized carbons (Fsp3) is 0.364. The van der Waals surface area contributed by atoms with Crippen molar-refractivity contribution in [2.75, 3.05) is 18.5 Å². The van der Waals surface area contributed by atoms with Gasteiger partial charge < -0.3 is 4.90 Å². The maximum absolute atomic E-state index is 12.2. The van der Waals surface area contributed by atoms with E-state index in [2.05, 4.69) is 32.6 Å². The molecule has 0 spiro atoms. The third-order valence-corrected chi connectivity index (χ3v) is 3.81. The van der Waals surface area contributed by atoms with E-state index in [-0.39, 0.29) is 12.5 Å². The zero-order valence-corrected chi connectivity index (χ0v) is 11.7. The van der Waals surface area contributed by atoms with E-state index < -0.39 is 5.41 Å². The molecule has 2 rings (SSSR count). The highest BCUT2D eigenvalue weighted by Crippen LogP contribution is 2.41. The third-order valence-electron chi connectivity index (χ3n) is 3.14. The summed E-state index contributed by atoms with van der Waals surface area (Å²) >= 11 is 2.21. The van der Waals surface area contributed by atoms with Gasteiger partial charge in [0.2, 0.25) is 5.91 Å². The fourth-order valence-electron chi connectivity index (χ4n) is 2.16. The number of hydrogen-bond acceptors (Lipinski definition) is 2. The summed E-state index contributed by atoms with van der Waals surface area (Å²) in [5.74, 6) is -0.0260. The standard InChI is InChI=1S/C11H11IN4O/c1-11(6-14-15-13)8-5-7(12)3-4-9(8)16(2)10(11)17/h3-5H,6H2,1-2H3. The molecule has 0 bridgehead atoms. The molecule has 0 N–H and O–H groups in total. The summed E-state index contributed by atoms with van der Waals surface area (Å²) in [6, 6.07) is 5.86. The number of rotatable bonds is 2. The van der Waals surface area contributed by atoms with Crippen LogP contribution in [-0.4, -0.2) is 19.5 Å². The monoisotopic (exact) mass is 342 g/mol. The van der Waals surface area contributed by atoms with Crippen LogP contribution >= 0.6 is 22.6 Å². The minimum absolute atomic E-state index is 0.0260. The van der Waals surface area contributed by atoms with Gasteiger partial charge in [-0.05, 0) is 58.8 Å².